The Labute approximate surface area is 164 Å². The van der Waals surface area contributed by atoms with Gasteiger partial charge in [0, 0.05) is 17.8 Å². The molecular formula is C20H23ClFN3O2. The number of rotatable bonds is 5. The van der Waals surface area contributed by atoms with Crippen LogP contribution in [0.15, 0.2) is 48.5 Å². The molecule has 144 valence electrons. The fourth-order valence-corrected chi connectivity index (χ4v) is 2.98. The van der Waals surface area contributed by atoms with Crippen LogP contribution < -0.4 is 16.0 Å². The highest BCUT2D eigenvalue weighted by molar-refractivity contribution is 6.04. The third-order valence-corrected chi connectivity index (χ3v) is 4.37. The summed E-state index contributed by atoms with van der Waals surface area (Å²) in [5.41, 5.74) is 1.74. The van der Waals surface area contributed by atoms with E-state index in [2.05, 4.69) is 16.0 Å². The lowest BCUT2D eigenvalue weighted by molar-refractivity contribution is -0.123. The molecule has 1 aliphatic heterocycles. The van der Waals surface area contributed by atoms with Gasteiger partial charge in [0.25, 0.3) is 5.91 Å². The minimum Gasteiger partial charge on any atom is -0.351 e. The second kappa shape index (κ2) is 10.0. The number of hydrogen-bond donors (Lipinski definition) is 3. The van der Waals surface area contributed by atoms with E-state index in [1.165, 1.54) is 18.2 Å². The van der Waals surface area contributed by atoms with Crippen LogP contribution in [0.3, 0.4) is 0 Å². The first-order chi connectivity index (χ1) is 12.6. The second-order valence-corrected chi connectivity index (χ2v) is 6.39. The molecular weight excluding hydrogens is 369 g/mol. The lowest BCUT2D eigenvalue weighted by Gasteiger charge is -2.22. The smallest absolute Gasteiger partial charge is 0.255 e. The normalized spacial score (nSPS) is 16.1. The maximum absolute atomic E-state index is 13.2. The van der Waals surface area contributed by atoms with Gasteiger partial charge in [-0.1, -0.05) is 24.6 Å². The van der Waals surface area contributed by atoms with Crippen LogP contribution >= 0.6 is 12.4 Å². The molecule has 0 radical (unpaired) electrons. The summed E-state index contributed by atoms with van der Waals surface area (Å²) >= 11 is 0. The van der Waals surface area contributed by atoms with Gasteiger partial charge in [0.2, 0.25) is 5.91 Å². The van der Waals surface area contributed by atoms with Gasteiger partial charge in [0.05, 0.1) is 6.04 Å². The van der Waals surface area contributed by atoms with Crippen LogP contribution in [0.25, 0.3) is 0 Å². The molecule has 2 aromatic carbocycles. The molecule has 1 aliphatic rings. The molecule has 2 aromatic rings. The fourth-order valence-electron chi connectivity index (χ4n) is 2.98. The highest BCUT2D eigenvalue weighted by Gasteiger charge is 2.19. The van der Waals surface area contributed by atoms with Gasteiger partial charge in [0.1, 0.15) is 5.82 Å². The summed E-state index contributed by atoms with van der Waals surface area (Å²) in [6, 6.07) is 12.7. The van der Waals surface area contributed by atoms with Gasteiger partial charge in [0.15, 0.2) is 0 Å². The number of amides is 2. The number of anilines is 1. The minimum absolute atomic E-state index is 0. The van der Waals surface area contributed by atoms with Crippen molar-refractivity contribution in [3.63, 3.8) is 0 Å². The van der Waals surface area contributed by atoms with E-state index in [-0.39, 0.29) is 35.8 Å². The van der Waals surface area contributed by atoms with Crippen LogP contribution in [0.2, 0.25) is 0 Å². The number of carbonyl (C=O) groups is 2. The number of carbonyl (C=O) groups excluding carboxylic acids is 2. The zero-order valence-electron chi connectivity index (χ0n) is 14.8. The summed E-state index contributed by atoms with van der Waals surface area (Å²) < 4.78 is 13.2. The second-order valence-electron chi connectivity index (χ2n) is 6.39. The molecule has 1 fully saturated rings. The monoisotopic (exact) mass is 391 g/mol. The summed E-state index contributed by atoms with van der Waals surface area (Å²) in [5.74, 6) is -0.832. The predicted molar refractivity (Wildman–Crippen MR) is 106 cm³/mol. The van der Waals surface area contributed by atoms with E-state index < -0.39 is 5.82 Å². The number of piperidine rings is 1. The van der Waals surface area contributed by atoms with E-state index in [0.29, 0.717) is 12.2 Å². The molecule has 0 saturated carbocycles. The number of halogens is 2. The largest absolute Gasteiger partial charge is 0.351 e. The topological polar surface area (TPSA) is 70.2 Å². The molecule has 0 aromatic heterocycles. The van der Waals surface area contributed by atoms with E-state index in [1.54, 1.807) is 18.2 Å². The Balaban J connectivity index is 0.00000261. The SMILES string of the molecule is Cl.O=C(Nc1cccc(CNC(=O)C2CCCCN2)c1)c1cccc(F)c1. The molecule has 0 bridgehead atoms. The Morgan fingerprint density at radius 1 is 1.11 bits per heavy atom. The first kappa shape index (κ1) is 20.9. The standard InChI is InChI=1S/C20H22FN3O2.ClH/c21-16-7-4-6-15(12-16)19(25)24-17-8-3-5-14(11-17)13-23-20(26)18-9-1-2-10-22-18;/h3-8,11-12,18,22H,1-2,9-10,13H2,(H,23,26)(H,24,25);1H. The van der Waals surface area contributed by atoms with Crippen molar-refractivity contribution in [1.29, 1.82) is 0 Å². The molecule has 7 heteroatoms. The van der Waals surface area contributed by atoms with Crippen LogP contribution in [0.4, 0.5) is 10.1 Å². The van der Waals surface area contributed by atoms with E-state index in [4.69, 9.17) is 0 Å². The Bertz CT molecular complexity index is 794. The molecule has 3 N–H and O–H groups in total. The highest BCUT2D eigenvalue weighted by Crippen LogP contribution is 2.13. The average molecular weight is 392 g/mol. The van der Waals surface area contributed by atoms with Crippen molar-refractivity contribution in [1.82, 2.24) is 10.6 Å². The van der Waals surface area contributed by atoms with Crippen molar-refractivity contribution in [2.24, 2.45) is 0 Å². The minimum atomic E-state index is -0.453. The summed E-state index contributed by atoms with van der Waals surface area (Å²) in [6.07, 6.45) is 3.03. The third-order valence-electron chi connectivity index (χ3n) is 4.37. The molecule has 3 rings (SSSR count). The maximum Gasteiger partial charge on any atom is 0.255 e. The van der Waals surface area contributed by atoms with Crippen molar-refractivity contribution in [2.75, 3.05) is 11.9 Å². The lowest BCUT2D eigenvalue weighted by atomic mass is 10.0. The summed E-state index contributed by atoms with van der Waals surface area (Å²) in [4.78, 5) is 24.4. The van der Waals surface area contributed by atoms with Crippen LogP contribution in [-0.4, -0.2) is 24.4 Å². The van der Waals surface area contributed by atoms with Crippen LogP contribution in [0.1, 0.15) is 35.2 Å². The first-order valence-electron chi connectivity index (χ1n) is 8.79. The molecule has 0 aliphatic carbocycles. The summed E-state index contributed by atoms with van der Waals surface area (Å²) in [5, 5.41) is 8.89. The van der Waals surface area contributed by atoms with E-state index in [1.807, 2.05) is 12.1 Å². The van der Waals surface area contributed by atoms with Gasteiger partial charge in [-0.3, -0.25) is 9.59 Å². The first-order valence-corrected chi connectivity index (χ1v) is 8.79. The summed E-state index contributed by atoms with van der Waals surface area (Å²) in [6.45, 7) is 1.26. The van der Waals surface area contributed by atoms with Crippen LogP contribution in [0.5, 0.6) is 0 Å². The quantitative estimate of drug-likeness (QED) is 0.732. The maximum atomic E-state index is 13.2. The molecule has 5 nitrogen and oxygen atoms in total. The van der Waals surface area contributed by atoms with Gasteiger partial charge in [-0.25, -0.2) is 4.39 Å². The van der Waals surface area contributed by atoms with Gasteiger partial charge in [-0.2, -0.15) is 0 Å². The molecule has 1 atom stereocenters. The van der Waals surface area contributed by atoms with Crippen molar-refractivity contribution in [2.45, 2.75) is 31.8 Å². The lowest BCUT2D eigenvalue weighted by Crippen LogP contribution is -2.46. The predicted octanol–water partition coefficient (Wildman–Crippen LogP) is 3.26. The van der Waals surface area contributed by atoms with Crippen molar-refractivity contribution in [3.05, 3.63) is 65.5 Å². The van der Waals surface area contributed by atoms with Crippen LogP contribution in [0, 0.1) is 5.82 Å². The number of benzene rings is 2. The zero-order chi connectivity index (χ0) is 18.4. The molecule has 2 amide bonds. The van der Waals surface area contributed by atoms with Gasteiger partial charge >= 0.3 is 0 Å². The molecule has 0 spiro atoms. The molecule has 1 saturated heterocycles. The third kappa shape index (κ3) is 6.05. The Hall–Kier alpha value is -2.44. The zero-order valence-corrected chi connectivity index (χ0v) is 15.7. The van der Waals surface area contributed by atoms with E-state index in [0.717, 1.165) is 31.4 Å². The highest BCUT2D eigenvalue weighted by atomic mass is 35.5. The van der Waals surface area contributed by atoms with Crippen molar-refractivity contribution >= 4 is 29.9 Å². The van der Waals surface area contributed by atoms with E-state index in [9.17, 15) is 14.0 Å². The Morgan fingerprint density at radius 2 is 1.93 bits per heavy atom. The number of hydrogen-bond acceptors (Lipinski definition) is 3. The Kier molecular flexibility index (Phi) is 7.76. The summed E-state index contributed by atoms with van der Waals surface area (Å²) in [7, 11) is 0. The van der Waals surface area contributed by atoms with E-state index >= 15 is 0 Å². The van der Waals surface area contributed by atoms with Gasteiger partial charge < -0.3 is 16.0 Å². The Morgan fingerprint density at radius 3 is 2.67 bits per heavy atom. The fraction of sp³-hybridized carbons (Fsp3) is 0.300. The van der Waals surface area contributed by atoms with Crippen molar-refractivity contribution < 1.29 is 14.0 Å². The molecule has 27 heavy (non-hydrogen) atoms. The van der Waals surface area contributed by atoms with Gasteiger partial charge in [-0.05, 0) is 55.3 Å². The molecule has 1 heterocycles. The number of nitrogens with one attached hydrogen (secondary N) is 3. The molecule has 1 unspecified atom stereocenters. The van der Waals surface area contributed by atoms with Crippen LogP contribution in [-0.2, 0) is 11.3 Å². The van der Waals surface area contributed by atoms with Crippen molar-refractivity contribution in [3.8, 4) is 0 Å². The average Bonchev–Trinajstić information content (AvgIpc) is 2.67. The van der Waals surface area contributed by atoms with Gasteiger partial charge in [-0.15, -0.1) is 12.4 Å².